The van der Waals surface area contributed by atoms with Crippen molar-refractivity contribution < 1.29 is 18.0 Å². The van der Waals surface area contributed by atoms with Crippen molar-refractivity contribution in [1.82, 2.24) is 20.1 Å². The number of rotatable bonds is 7. The molecule has 35 heavy (non-hydrogen) atoms. The van der Waals surface area contributed by atoms with E-state index in [4.69, 9.17) is 0 Å². The maximum absolute atomic E-state index is 13.4. The van der Waals surface area contributed by atoms with Crippen molar-refractivity contribution in [2.75, 3.05) is 25.6 Å². The molecule has 1 aromatic rings. The van der Waals surface area contributed by atoms with Crippen molar-refractivity contribution in [2.24, 2.45) is 5.92 Å². The molecule has 0 unspecified atom stereocenters. The van der Waals surface area contributed by atoms with Crippen LogP contribution in [0.4, 0.5) is 0 Å². The Hall–Kier alpha value is -2.00. The number of amides is 2. The number of pyridine rings is 1. The van der Waals surface area contributed by atoms with E-state index in [1.165, 1.54) is 6.26 Å². The molecule has 1 aliphatic carbocycles. The zero-order chi connectivity index (χ0) is 26.1. The number of aromatic nitrogens is 1. The van der Waals surface area contributed by atoms with E-state index in [0.29, 0.717) is 30.7 Å². The summed E-state index contributed by atoms with van der Waals surface area (Å²) >= 11 is 0. The van der Waals surface area contributed by atoms with Crippen LogP contribution in [0.2, 0.25) is 0 Å². The largest absolute Gasteiger partial charge is 0.339 e. The fourth-order valence-electron chi connectivity index (χ4n) is 5.37. The monoisotopic (exact) mass is 506 g/mol. The van der Waals surface area contributed by atoms with Crippen molar-refractivity contribution >= 4 is 21.7 Å². The van der Waals surface area contributed by atoms with Crippen LogP contribution in [0.1, 0.15) is 76.5 Å². The van der Waals surface area contributed by atoms with Crippen molar-refractivity contribution in [3.8, 4) is 0 Å². The molecule has 1 N–H and O–H groups in total. The number of nitrogens with zero attached hydrogens (tertiary/aromatic N) is 3. The molecule has 0 bridgehead atoms. The zero-order valence-electron chi connectivity index (χ0n) is 22.2. The lowest BCUT2D eigenvalue weighted by Crippen LogP contribution is -2.53. The fraction of sp³-hybridized carbons (Fsp3) is 0.731. The SMILES string of the molecule is CC(C)N(C)[C@@H]1CC[C@H](N2CC[C@H](NC(=O)c3cccc(C(C)(C)C)n3)C2=O)[C@@H](CS(C)(=O)=O)C1. The van der Waals surface area contributed by atoms with Crippen LogP contribution in [-0.2, 0) is 20.0 Å². The fourth-order valence-corrected chi connectivity index (χ4v) is 6.51. The lowest BCUT2D eigenvalue weighted by atomic mass is 9.81. The van der Waals surface area contributed by atoms with Crippen LogP contribution in [0.15, 0.2) is 18.2 Å². The maximum atomic E-state index is 13.4. The van der Waals surface area contributed by atoms with Crippen LogP contribution in [0.5, 0.6) is 0 Å². The number of carbonyl (C=O) groups excluding carboxylic acids is 2. The molecule has 1 saturated carbocycles. The van der Waals surface area contributed by atoms with Gasteiger partial charge in [-0.15, -0.1) is 0 Å². The van der Waals surface area contributed by atoms with E-state index in [1.54, 1.807) is 6.07 Å². The molecule has 2 aliphatic rings. The minimum absolute atomic E-state index is 0.0738. The molecule has 9 heteroatoms. The molecule has 0 spiro atoms. The number of nitrogens with one attached hydrogen (secondary N) is 1. The van der Waals surface area contributed by atoms with Gasteiger partial charge in [-0.25, -0.2) is 13.4 Å². The second-order valence-corrected chi connectivity index (χ2v) is 13.8. The molecule has 0 aromatic carbocycles. The molecule has 2 amide bonds. The quantitative estimate of drug-likeness (QED) is 0.610. The Labute approximate surface area is 210 Å². The smallest absolute Gasteiger partial charge is 0.270 e. The summed E-state index contributed by atoms with van der Waals surface area (Å²) in [5, 5.41) is 2.88. The van der Waals surface area contributed by atoms with E-state index in [-0.39, 0.29) is 34.9 Å². The summed E-state index contributed by atoms with van der Waals surface area (Å²) in [4.78, 5) is 34.9. The molecule has 2 heterocycles. The average molecular weight is 507 g/mol. The first-order chi connectivity index (χ1) is 16.2. The minimum Gasteiger partial charge on any atom is -0.339 e. The molecule has 4 atom stereocenters. The summed E-state index contributed by atoms with van der Waals surface area (Å²) < 4.78 is 24.5. The summed E-state index contributed by atoms with van der Waals surface area (Å²) in [5.74, 6) is -0.519. The first-order valence-electron chi connectivity index (χ1n) is 12.7. The summed E-state index contributed by atoms with van der Waals surface area (Å²) in [7, 11) is -1.11. The van der Waals surface area contributed by atoms with Crippen molar-refractivity contribution in [3.63, 3.8) is 0 Å². The Kier molecular flexibility index (Phi) is 8.31. The second-order valence-electron chi connectivity index (χ2n) is 11.7. The molecule has 1 saturated heterocycles. The highest BCUT2D eigenvalue weighted by Gasteiger charge is 2.43. The highest BCUT2D eigenvalue weighted by molar-refractivity contribution is 7.90. The molecule has 1 aliphatic heterocycles. The van der Waals surface area contributed by atoms with E-state index < -0.39 is 15.9 Å². The predicted molar refractivity (Wildman–Crippen MR) is 138 cm³/mol. The van der Waals surface area contributed by atoms with Gasteiger partial charge in [0.15, 0.2) is 0 Å². The topological polar surface area (TPSA) is 99.7 Å². The number of sulfone groups is 1. The van der Waals surface area contributed by atoms with E-state index in [9.17, 15) is 18.0 Å². The number of hydrogen-bond donors (Lipinski definition) is 1. The summed E-state index contributed by atoms with van der Waals surface area (Å²) in [6, 6.07) is 5.30. The lowest BCUT2D eigenvalue weighted by Gasteiger charge is -2.44. The molecule has 2 fully saturated rings. The van der Waals surface area contributed by atoms with Crippen LogP contribution in [0.25, 0.3) is 0 Å². The average Bonchev–Trinajstić information content (AvgIpc) is 3.11. The van der Waals surface area contributed by atoms with E-state index in [0.717, 1.165) is 25.0 Å². The Morgan fingerprint density at radius 1 is 1.23 bits per heavy atom. The van der Waals surface area contributed by atoms with Crippen LogP contribution in [-0.4, -0.2) is 84.8 Å². The molecular formula is C26H42N4O4S. The highest BCUT2D eigenvalue weighted by Crippen LogP contribution is 2.35. The van der Waals surface area contributed by atoms with E-state index in [2.05, 4.69) is 36.1 Å². The lowest BCUT2D eigenvalue weighted by molar-refractivity contribution is -0.133. The van der Waals surface area contributed by atoms with E-state index >= 15 is 0 Å². The first kappa shape index (κ1) is 27.6. The van der Waals surface area contributed by atoms with Gasteiger partial charge in [-0.2, -0.15) is 0 Å². The third-order valence-corrected chi connectivity index (χ3v) is 8.55. The van der Waals surface area contributed by atoms with Crippen LogP contribution < -0.4 is 5.32 Å². The van der Waals surface area contributed by atoms with Gasteiger partial charge in [-0.3, -0.25) is 9.59 Å². The molecule has 0 radical (unpaired) electrons. The summed E-state index contributed by atoms with van der Waals surface area (Å²) in [5.41, 5.74) is 0.931. The summed E-state index contributed by atoms with van der Waals surface area (Å²) in [6.45, 7) is 10.9. The normalized spacial score (nSPS) is 26.0. The van der Waals surface area contributed by atoms with Gasteiger partial charge in [0.1, 0.15) is 21.6 Å². The predicted octanol–water partition coefficient (Wildman–Crippen LogP) is 2.63. The van der Waals surface area contributed by atoms with Gasteiger partial charge >= 0.3 is 0 Å². The maximum Gasteiger partial charge on any atom is 0.270 e. The van der Waals surface area contributed by atoms with Gasteiger partial charge < -0.3 is 15.1 Å². The van der Waals surface area contributed by atoms with Crippen LogP contribution in [0, 0.1) is 5.92 Å². The number of hydrogen-bond acceptors (Lipinski definition) is 6. The van der Waals surface area contributed by atoms with Gasteiger partial charge in [0.05, 0.1) is 5.75 Å². The third kappa shape index (κ3) is 6.82. The van der Waals surface area contributed by atoms with Crippen molar-refractivity contribution in [1.29, 1.82) is 0 Å². The molecule has 8 nitrogen and oxygen atoms in total. The highest BCUT2D eigenvalue weighted by atomic mass is 32.2. The third-order valence-electron chi connectivity index (χ3n) is 7.52. The van der Waals surface area contributed by atoms with Crippen molar-refractivity contribution in [2.45, 2.75) is 89.9 Å². The first-order valence-corrected chi connectivity index (χ1v) is 14.7. The van der Waals surface area contributed by atoms with Gasteiger partial charge in [0, 0.05) is 42.0 Å². The Balaban J connectivity index is 1.72. The molecule has 1 aromatic heterocycles. The Morgan fingerprint density at radius 3 is 2.51 bits per heavy atom. The molecular weight excluding hydrogens is 464 g/mol. The van der Waals surface area contributed by atoms with Crippen LogP contribution >= 0.6 is 0 Å². The number of likely N-dealkylation sites (tertiary alicyclic amines) is 1. The summed E-state index contributed by atoms with van der Waals surface area (Å²) in [6.07, 6.45) is 4.22. The standard InChI is InChI=1S/C26H42N4O4S/c1-17(2)29(6)19-11-12-22(18(15-19)16-35(7,33)34)30-14-13-21(25(30)32)28-24(31)20-9-8-10-23(27-20)26(3,4)5/h8-10,17-19,21-22H,11-16H2,1-7H3,(H,28,31)/t18-,19-,21+,22+/m1/s1. The van der Waals surface area contributed by atoms with Gasteiger partial charge in [-0.1, -0.05) is 26.8 Å². The second kappa shape index (κ2) is 10.5. The minimum atomic E-state index is -3.19. The van der Waals surface area contributed by atoms with Crippen molar-refractivity contribution in [3.05, 3.63) is 29.6 Å². The zero-order valence-corrected chi connectivity index (χ0v) is 23.1. The molecule has 196 valence electrons. The number of carbonyl (C=O) groups is 2. The van der Waals surface area contributed by atoms with Gasteiger partial charge in [-0.05, 0) is 64.6 Å². The molecule has 3 rings (SSSR count). The van der Waals surface area contributed by atoms with E-state index in [1.807, 2.05) is 37.8 Å². The Morgan fingerprint density at radius 2 is 1.91 bits per heavy atom. The van der Waals surface area contributed by atoms with Crippen LogP contribution in [0.3, 0.4) is 0 Å². The van der Waals surface area contributed by atoms with Gasteiger partial charge in [0.2, 0.25) is 5.91 Å². The Bertz CT molecular complexity index is 1030. The van der Waals surface area contributed by atoms with Gasteiger partial charge in [0.25, 0.3) is 5.91 Å².